The molecule has 5 nitrogen and oxygen atoms in total. The fourth-order valence-electron chi connectivity index (χ4n) is 0.934. The van der Waals surface area contributed by atoms with Crippen LogP contribution in [0.15, 0.2) is 30.3 Å². The van der Waals surface area contributed by atoms with Crippen molar-refractivity contribution in [3.8, 4) is 0 Å². The van der Waals surface area contributed by atoms with Gasteiger partial charge in [0.1, 0.15) is 6.61 Å². The number of hydroxylamine groups is 2. The summed E-state index contributed by atoms with van der Waals surface area (Å²) in [5.74, 6) is 0. The summed E-state index contributed by atoms with van der Waals surface area (Å²) in [6.45, 7) is 0.134. The maximum Gasteiger partial charge on any atom is 0.440 e. The van der Waals surface area contributed by atoms with E-state index in [2.05, 4.69) is 4.74 Å². The lowest BCUT2D eigenvalue weighted by Gasteiger charge is -2.12. The van der Waals surface area contributed by atoms with E-state index in [1.807, 2.05) is 30.3 Å². The van der Waals surface area contributed by atoms with Crippen LogP contribution in [0.2, 0.25) is 0 Å². The van der Waals surface area contributed by atoms with Crippen LogP contribution >= 0.6 is 0 Å². The first kappa shape index (κ1) is 11.2. The van der Waals surface area contributed by atoms with Crippen LogP contribution in [-0.2, 0) is 21.0 Å². The quantitative estimate of drug-likeness (QED) is 0.554. The SMILES string of the molecule is COC(=O)N(C=O)OCc1ccccc1. The molecular formula is C10H11NO4. The van der Waals surface area contributed by atoms with Gasteiger partial charge < -0.3 is 4.74 Å². The monoisotopic (exact) mass is 209 g/mol. The Labute approximate surface area is 87.2 Å². The number of hydrogen-bond donors (Lipinski definition) is 0. The van der Waals surface area contributed by atoms with E-state index in [1.165, 1.54) is 7.11 Å². The Morgan fingerprint density at radius 3 is 2.60 bits per heavy atom. The molecule has 0 unspecified atom stereocenters. The fraction of sp³-hybridized carbons (Fsp3) is 0.200. The minimum absolute atomic E-state index is 0.134. The molecular weight excluding hydrogens is 198 g/mol. The molecule has 5 heteroatoms. The predicted molar refractivity (Wildman–Crippen MR) is 51.5 cm³/mol. The van der Waals surface area contributed by atoms with Gasteiger partial charge in [-0.1, -0.05) is 30.3 Å². The summed E-state index contributed by atoms with van der Waals surface area (Å²) in [6, 6.07) is 9.17. The van der Waals surface area contributed by atoms with E-state index in [0.29, 0.717) is 5.06 Å². The van der Waals surface area contributed by atoms with Gasteiger partial charge in [-0.3, -0.25) is 9.63 Å². The van der Waals surface area contributed by atoms with Crippen molar-refractivity contribution >= 4 is 12.5 Å². The molecule has 0 N–H and O–H groups in total. The third-order valence-corrected chi connectivity index (χ3v) is 1.66. The number of rotatable bonds is 4. The van der Waals surface area contributed by atoms with Gasteiger partial charge in [-0.05, 0) is 5.56 Å². The lowest BCUT2D eigenvalue weighted by molar-refractivity contribution is -0.163. The van der Waals surface area contributed by atoms with Crippen molar-refractivity contribution in [3.05, 3.63) is 35.9 Å². The van der Waals surface area contributed by atoms with Crippen LogP contribution in [0.25, 0.3) is 0 Å². The number of amides is 2. The molecule has 1 aromatic carbocycles. The van der Waals surface area contributed by atoms with Crippen LogP contribution in [0, 0.1) is 0 Å². The van der Waals surface area contributed by atoms with E-state index in [4.69, 9.17) is 4.84 Å². The molecule has 15 heavy (non-hydrogen) atoms. The average molecular weight is 209 g/mol. The van der Waals surface area contributed by atoms with Gasteiger partial charge in [0.25, 0.3) is 0 Å². The maximum absolute atomic E-state index is 10.9. The Bertz CT molecular complexity index is 325. The van der Waals surface area contributed by atoms with Crippen molar-refractivity contribution in [2.75, 3.05) is 7.11 Å². The summed E-state index contributed by atoms with van der Waals surface area (Å²) in [6.07, 6.45) is -0.588. The Hall–Kier alpha value is -1.88. The highest BCUT2D eigenvalue weighted by Crippen LogP contribution is 2.02. The first-order valence-corrected chi connectivity index (χ1v) is 4.27. The number of carbonyl (C=O) groups excluding carboxylic acids is 2. The highest BCUT2D eigenvalue weighted by molar-refractivity contribution is 5.78. The summed E-state index contributed by atoms with van der Waals surface area (Å²) in [5, 5.41) is 0.507. The van der Waals surface area contributed by atoms with Crippen molar-refractivity contribution in [2.45, 2.75) is 6.61 Å². The number of carbonyl (C=O) groups is 2. The van der Waals surface area contributed by atoms with Crippen molar-refractivity contribution in [1.29, 1.82) is 0 Å². The van der Waals surface area contributed by atoms with Crippen LogP contribution in [0.3, 0.4) is 0 Å². The summed E-state index contributed by atoms with van der Waals surface area (Å²) >= 11 is 0. The van der Waals surface area contributed by atoms with Crippen molar-refractivity contribution in [1.82, 2.24) is 5.06 Å². The zero-order chi connectivity index (χ0) is 11.1. The fourth-order valence-corrected chi connectivity index (χ4v) is 0.934. The number of hydrogen-bond acceptors (Lipinski definition) is 4. The highest BCUT2D eigenvalue weighted by Gasteiger charge is 2.13. The van der Waals surface area contributed by atoms with Gasteiger partial charge in [0.05, 0.1) is 7.11 Å². The number of methoxy groups -OCH3 is 1. The Kier molecular flexibility index (Phi) is 4.30. The van der Waals surface area contributed by atoms with Crippen molar-refractivity contribution < 1.29 is 19.2 Å². The average Bonchev–Trinajstić information content (AvgIpc) is 2.31. The molecule has 0 saturated heterocycles. The first-order chi connectivity index (χ1) is 7.27. The molecule has 0 atom stereocenters. The van der Waals surface area contributed by atoms with Gasteiger partial charge in [-0.2, -0.15) is 0 Å². The lowest BCUT2D eigenvalue weighted by Crippen LogP contribution is -2.29. The van der Waals surface area contributed by atoms with Crippen molar-refractivity contribution in [3.63, 3.8) is 0 Å². The molecule has 0 aliphatic rings. The third-order valence-electron chi connectivity index (χ3n) is 1.66. The minimum atomic E-state index is -0.846. The molecule has 0 heterocycles. The van der Waals surface area contributed by atoms with Gasteiger partial charge in [0, 0.05) is 0 Å². The van der Waals surface area contributed by atoms with Gasteiger partial charge in [-0.25, -0.2) is 4.79 Å². The van der Waals surface area contributed by atoms with Crippen LogP contribution in [0.1, 0.15) is 5.56 Å². The molecule has 2 amide bonds. The maximum atomic E-state index is 10.9. The Morgan fingerprint density at radius 1 is 1.40 bits per heavy atom. The molecule has 0 aliphatic carbocycles. The number of benzene rings is 1. The molecule has 1 rings (SSSR count). The Morgan fingerprint density at radius 2 is 2.07 bits per heavy atom. The van der Waals surface area contributed by atoms with Gasteiger partial charge in [0.15, 0.2) is 0 Å². The second-order valence-corrected chi connectivity index (χ2v) is 2.66. The smallest absolute Gasteiger partial charge is 0.440 e. The largest absolute Gasteiger partial charge is 0.451 e. The van der Waals surface area contributed by atoms with E-state index >= 15 is 0 Å². The van der Waals surface area contributed by atoms with E-state index < -0.39 is 6.09 Å². The van der Waals surface area contributed by atoms with Crippen LogP contribution < -0.4 is 0 Å². The summed E-state index contributed by atoms with van der Waals surface area (Å²) in [4.78, 5) is 26.3. The zero-order valence-corrected chi connectivity index (χ0v) is 8.25. The summed E-state index contributed by atoms with van der Waals surface area (Å²) in [7, 11) is 1.17. The zero-order valence-electron chi connectivity index (χ0n) is 8.25. The lowest BCUT2D eigenvalue weighted by atomic mass is 10.2. The number of imide groups is 1. The van der Waals surface area contributed by atoms with Crippen molar-refractivity contribution in [2.24, 2.45) is 0 Å². The van der Waals surface area contributed by atoms with Gasteiger partial charge in [0.2, 0.25) is 6.41 Å². The molecule has 0 radical (unpaired) electrons. The molecule has 80 valence electrons. The topological polar surface area (TPSA) is 55.8 Å². The molecule has 1 aromatic rings. The predicted octanol–water partition coefficient (Wildman–Crippen LogP) is 1.34. The molecule has 0 aliphatic heterocycles. The van der Waals surface area contributed by atoms with E-state index in [0.717, 1.165) is 5.56 Å². The number of ether oxygens (including phenoxy) is 1. The molecule has 0 fully saturated rings. The normalized spacial score (nSPS) is 9.40. The standard InChI is InChI=1S/C10H11NO4/c1-14-10(13)11(8-12)15-7-9-5-3-2-4-6-9/h2-6,8H,7H2,1H3. The van der Waals surface area contributed by atoms with Gasteiger partial charge >= 0.3 is 6.09 Å². The van der Waals surface area contributed by atoms with Crippen LogP contribution in [0.5, 0.6) is 0 Å². The summed E-state index contributed by atoms with van der Waals surface area (Å²) < 4.78 is 4.32. The Balaban J connectivity index is 2.48. The van der Waals surface area contributed by atoms with E-state index in [1.54, 1.807) is 0 Å². The second-order valence-electron chi connectivity index (χ2n) is 2.66. The van der Waals surface area contributed by atoms with Crippen LogP contribution in [0.4, 0.5) is 4.79 Å². The molecule has 0 spiro atoms. The molecule has 0 saturated carbocycles. The minimum Gasteiger partial charge on any atom is -0.451 e. The highest BCUT2D eigenvalue weighted by atomic mass is 16.7. The van der Waals surface area contributed by atoms with Gasteiger partial charge in [-0.15, -0.1) is 5.06 Å². The summed E-state index contributed by atoms with van der Waals surface area (Å²) in [5.41, 5.74) is 0.855. The number of nitrogens with zero attached hydrogens (tertiary/aromatic N) is 1. The molecule has 0 bridgehead atoms. The van der Waals surface area contributed by atoms with E-state index in [9.17, 15) is 9.59 Å². The van der Waals surface area contributed by atoms with E-state index in [-0.39, 0.29) is 13.0 Å². The molecule has 0 aromatic heterocycles. The van der Waals surface area contributed by atoms with Crippen LogP contribution in [-0.4, -0.2) is 24.7 Å². The third kappa shape index (κ3) is 3.40. The first-order valence-electron chi connectivity index (χ1n) is 4.27. The second kappa shape index (κ2) is 5.77.